The lowest BCUT2D eigenvalue weighted by atomic mass is 10.2. The van der Waals surface area contributed by atoms with Crippen LogP contribution < -0.4 is 5.32 Å². The highest BCUT2D eigenvalue weighted by molar-refractivity contribution is 5.56. The molecule has 2 aromatic heterocycles. The van der Waals surface area contributed by atoms with Gasteiger partial charge in [-0.2, -0.15) is 5.10 Å². The van der Waals surface area contributed by atoms with E-state index in [0.29, 0.717) is 6.04 Å². The summed E-state index contributed by atoms with van der Waals surface area (Å²) in [6, 6.07) is 0.699. The Labute approximate surface area is 93.3 Å². The number of aromatic nitrogens is 4. The SMILES string of the molecule is c1cnc(-c2[nH]ncc2CNC2CC2)cn1. The Kier molecular flexibility index (Phi) is 2.38. The van der Waals surface area contributed by atoms with Crippen LogP contribution in [0.3, 0.4) is 0 Å². The molecule has 0 saturated heterocycles. The van der Waals surface area contributed by atoms with Gasteiger partial charge < -0.3 is 5.32 Å². The summed E-state index contributed by atoms with van der Waals surface area (Å²) < 4.78 is 0. The quantitative estimate of drug-likeness (QED) is 0.802. The molecule has 3 rings (SSSR count). The maximum atomic E-state index is 4.26. The lowest BCUT2D eigenvalue weighted by Gasteiger charge is -2.03. The van der Waals surface area contributed by atoms with E-state index in [9.17, 15) is 0 Å². The monoisotopic (exact) mass is 215 g/mol. The lowest BCUT2D eigenvalue weighted by molar-refractivity contribution is 0.689. The fourth-order valence-electron chi connectivity index (χ4n) is 1.64. The summed E-state index contributed by atoms with van der Waals surface area (Å²) in [4.78, 5) is 8.32. The zero-order valence-corrected chi connectivity index (χ0v) is 8.85. The normalized spacial score (nSPS) is 15.2. The van der Waals surface area contributed by atoms with Crippen molar-refractivity contribution in [2.45, 2.75) is 25.4 Å². The van der Waals surface area contributed by atoms with Crippen LogP contribution in [-0.2, 0) is 6.54 Å². The number of rotatable bonds is 4. The number of hydrogen-bond donors (Lipinski definition) is 2. The first-order valence-electron chi connectivity index (χ1n) is 5.45. The van der Waals surface area contributed by atoms with Crippen LogP contribution in [0, 0.1) is 0 Å². The Balaban J connectivity index is 1.81. The molecule has 0 bridgehead atoms. The third kappa shape index (κ3) is 1.94. The molecule has 0 unspecified atom stereocenters. The molecule has 2 aromatic rings. The number of hydrogen-bond acceptors (Lipinski definition) is 4. The Bertz CT molecular complexity index is 460. The van der Waals surface area contributed by atoms with Crippen LogP contribution >= 0.6 is 0 Å². The molecule has 16 heavy (non-hydrogen) atoms. The second-order valence-corrected chi connectivity index (χ2v) is 4.02. The molecule has 1 fully saturated rings. The van der Waals surface area contributed by atoms with Crippen molar-refractivity contribution in [3.63, 3.8) is 0 Å². The zero-order valence-electron chi connectivity index (χ0n) is 8.85. The maximum Gasteiger partial charge on any atom is 0.107 e. The predicted molar refractivity (Wildman–Crippen MR) is 59.5 cm³/mol. The Morgan fingerprint density at radius 1 is 1.31 bits per heavy atom. The van der Waals surface area contributed by atoms with Crippen LogP contribution in [0.25, 0.3) is 11.4 Å². The first-order valence-corrected chi connectivity index (χ1v) is 5.45. The first kappa shape index (κ1) is 9.47. The standard InChI is InChI=1S/C11H13N5/c1-2-9(1)14-5-8-6-15-16-11(8)10-7-12-3-4-13-10/h3-4,6-7,9,14H,1-2,5H2,(H,15,16). The Morgan fingerprint density at radius 3 is 3.00 bits per heavy atom. The largest absolute Gasteiger partial charge is 0.310 e. The van der Waals surface area contributed by atoms with Gasteiger partial charge in [0.15, 0.2) is 0 Å². The van der Waals surface area contributed by atoms with Gasteiger partial charge in [-0.3, -0.25) is 15.1 Å². The van der Waals surface area contributed by atoms with Gasteiger partial charge >= 0.3 is 0 Å². The van der Waals surface area contributed by atoms with Crippen LogP contribution in [-0.4, -0.2) is 26.2 Å². The first-order chi connectivity index (χ1) is 7.93. The molecule has 1 aliphatic carbocycles. The molecule has 5 heteroatoms. The van der Waals surface area contributed by atoms with E-state index in [2.05, 4.69) is 25.5 Å². The van der Waals surface area contributed by atoms with Crippen molar-refractivity contribution in [3.8, 4) is 11.4 Å². The summed E-state index contributed by atoms with van der Waals surface area (Å²) in [7, 11) is 0. The molecule has 0 spiro atoms. The van der Waals surface area contributed by atoms with E-state index < -0.39 is 0 Å². The van der Waals surface area contributed by atoms with E-state index in [1.807, 2.05) is 6.20 Å². The van der Waals surface area contributed by atoms with Crippen LogP contribution in [0.1, 0.15) is 18.4 Å². The highest BCUT2D eigenvalue weighted by atomic mass is 15.1. The predicted octanol–water partition coefficient (Wildman–Crippen LogP) is 1.12. The summed E-state index contributed by atoms with van der Waals surface area (Å²) in [5, 5.41) is 10.5. The molecule has 1 saturated carbocycles. The van der Waals surface area contributed by atoms with Crippen molar-refractivity contribution in [3.05, 3.63) is 30.4 Å². The molecule has 82 valence electrons. The van der Waals surface area contributed by atoms with E-state index in [-0.39, 0.29) is 0 Å². The highest BCUT2D eigenvalue weighted by Gasteiger charge is 2.21. The van der Waals surface area contributed by atoms with Crippen molar-refractivity contribution in [2.24, 2.45) is 0 Å². The minimum Gasteiger partial charge on any atom is -0.310 e. The van der Waals surface area contributed by atoms with E-state index >= 15 is 0 Å². The molecule has 0 aliphatic heterocycles. The molecule has 0 atom stereocenters. The number of nitrogens with zero attached hydrogens (tertiary/aromatic N) is 3. The van der Waals surface area contributed by atoms with E-state index in [1.54, 1.807) is 18.6 Å². The van der Waals surface area contributed by atoms with Gasteiger partial charge in [-0.25, -0.2) is 0 Å². The van der Waals surface area contributed by atoms with Gasteiger partial charge in [0, 0.05) is 30.5 Å². The summed E-state index contributed by atoms with van der Waals surface area (Å²) in [5.41, 5.74) is 2.95. The maximum absolute atomic E-state index is 4.26. The number of H-pyrrole nitrogens is 1. The van der Waals surface area contributed by atoms with Gasteiger partial charge in [0.05, 0.1) is 18.1 Å². The lowest BCUT2D eigenvalue weighted by Crippen LogP contribution is -2.15. The van der Waals surface area contributed by atoms with Gasteiger partial charge in [0.1, 0.15) is 5.69 Å². The topological polar surface area (TPSA) is 66.5 Å². The van der Waals surface area contributed by atoms with E-state index in [4.69, 9.17) is 0 Å². The summed E-state index contributed by atoms with van der Waals surface area (Å²) in [5.74, 6) is 0. The Morgan fingerprint density at radius 2 is 2.25 bits per heavy atom. The fourth-order valence-corrected chi connectivity index (χ4v) is 1.64. The fraction of sp³-hybridized carbons (Fsp3) is 0.364. The third-order valence-electron chi connectivity index (χ3n) is 2.70. The second-order valence-electron chi connectivity index (χ2n) is 4.02. The Hall–Kier alpha value is -1.75. The van der Waals surface area contributed by atoms with Crippen LogP contribution in [0.5, 0.6) is 0 Å². The second kappa shape index (κ2) is 4.02. The summed E-state index contributed by atoms with van der Waals surface area (Å²) in [6.45, 7) is 0.840. The molecular formula is C11H13N5. The number of nitrogens with one attached hydrogen (secondary N) is 2. The van der Waals surface area contributed by atoms with Gasteiger partial charge in [-0.1, -0.05) is 0 Å². The zero-order chi connectivity index (χ0) is 10.8. The third-order valence-corrected chi connectivity index (χ3v) is 2.70. The smallest absolute Gasteiger partial charge is 0.107 e. The van der Waals surface area contributed by atoms with Crippen LogP contribution in [0.4, 0.5) is 0 Å². The molecule has 0 amide bonds. The molecule has 5 nitrogen and oxygen atoms in total. The molecular weight excluding hydrogens is 202 g/mol. The number of aromatic amines is 1. The van der Waals surface area contributed by atoms with Crippen molar-refractivity contribution in [1.29, 1.82) is 0 Å². The molecule has 0 aromatic carbocycles. The van der Waals surface area contributed by atoms with Crippen molar-refractivity contribution in [2.75, 3.05) is 0 Å². The van der Waals surface area contributed by atoms with Gasteiger partial charge in [0.25, 0.3) is 0 Å². The molecule has 0 radical (unpaired) electrons. The van der Waals surface area contributed by atoms with Crippen molar-refractivity contribution >= 4 is 0 Å². The minimum absolute atomic E-state index is 0.699. The van der Waals surface area contributed by atoms with Gasteiger partial charge in [-0.15, -0.1) is 0 Å². The molecule has 2 heterocycles. The summed E-state index contributed by atoms with van der Waals surface area (Å²) >= 11 is 0. The molecule has 2 N–H and O–H groups in total. The van der Waals surface area contributed by atoms with Crippen molar-refractivity contribution < 1.29 is 0 Å². The average Bonchev–Trinajstić information content (AvgIpc) is 3.05. The molecule has 1 aliphatic rings. The van der Waals surface area contributed by atoms with E-state index in [1.165, 1.54) is 12.8 Å². The summed E-state index contributed by atoms with van der Waals surface area (Å²) in [6.07, 6.45) is 9.53. The van der Waals surface area contributed by atoms with Crippen LogP contribution in [0.15, 0.2) is 24.8 Å². The highest BCUT2D eigenvalue weighted by Crippen LogP contribution is 2.21. The van der Waals surface area contributed by atoms with Gasteiger partial charge in [-0.05, 0) is 12.8 Å². The van der Waals surface area contributed by atoms with Gasteiger partial charge in [0.2, 0.25) is 0 Å². The average molecular weight is 215 g/mol. The minimum atomic E-state index is 0.699. The van der Waals surface area contributed by atoms with Crippen LogP contribution in [0.2, 0.25) is 0 Å². The van der Waals surface area contributed by atoms with E-state index in [0.717, 1.165) is 23.5 Å². The van der Waals surface area contributed by atoms with Crippen molar-refractivity contribution in [1.82, 2.24) is 25.5 Å².